The molecule has 25 heavy (non-hydrogen) atoms. The average molecular weight is 353 g/mol. The van der Waals surface area contributed by atoms with Crippen LogP contribution in [0, 0.1) is 0 Å². The molecule has 2 aromatic heterocycles. The van der Waals surface area contributed by atoms with E-state index in [-0.39, 0.29) is 11.3 Å². The normalized spacial score (nSPS) is 13.8. The molecule has 0 aliphatic heterocycles. The van der Waals surface area contributed by atoms with Gasteiger partial charge in [-0.3, -0.25) is 4.79 Å². The van der Waals surface area contributed by atoms with Crippen molar-refractivity contribution < 1.29 is 14.7 Å². The summed E-state index contributed by atoms with van der Waals surface area (Å²) < 4.78 is 1.59. The van der Waals surface area contributed by atoms with Crippen LogP contribution in [0.25, 0.3) is 17.1 Å². The number of hydrogen-bond acceptors (Lipinski definition) is 5. The van der Waals surface area contributed by atoms with E-state index in [1.807, 2.05) is 5.38 Å². The molecule has 0 atom stereocenters. The Bertz CT molecular complexity index is 985. The number of carboxylic acids is 1. The summed E-state index contributed by atoms with van der Waals surface area (Å²) in [5.41, 5.74) is 1.41. The first kappa shape index (κ1) is 15.7. The molecule has 1 aliphatic rings. The van der Waals surface area contributed by atoms with E-state index in [1.165, 1.54) is 18.3 Å². The molecule has 2 heterocycles. The van der Waals surface area contributed by atoms with Gasteiger partial charge in [-0.2, -0.15) is 5.10 Å². The Morgan fingerprint density at radius 1 is 1.28 bits per heavy atom. The number of carboxylic acid groups (broad SMARTS) is 1. The van der Waals surface area contributed by atoms with Gasteiger partial charge in [-0.1, -0.05) is 12.1 Å². The zero-order valence-electron chi connectivity index (χ0n) is 13.5. The van der Waals surface area contributed by atoms with Crippen molar-refractivity contribution in [1.29, 1.82) is 0 Å². The smallest absolute Gasteiger partial charge is 0.337 e. The number of aromatic nitrogens is 3. The van der Waals surface area contributed by atoms with E-state index in [0.29, 0.717) is 22.3 Å². The van der Waals surface area contributed by atoms with Gasteiger partial charge in [-0.05, 0) is 38.0 Å². The molecule has 7 heteroatoms. The molecule has 0 radical (unpaired) electrons. The summed E-state index contributed by atoms with van der Waals surface area (Å²) in [6.07, 6.45) is 2.10. The second-order valence-electron chi connectivity index (χ2n) is 6.06. The maximum atomic E-state index is 11.6. The lowest BCUT2D eigenvalue weighted by Gasteiger charge is -2.08. The monoisotopic (exact) mass is 353 g/mol. The van der Waals surface area contributed by atoms with Gasteiger partial charge in [-0.15, -0.1) is 11.3 Å². The first-order chi connectivity index (χ1) is 12.0. The van der Waals surface area contributed by atoms with Crippen molar-refractivity contribution in [1.82, 2.24) is 14.8 Å². The zero-order chi connectivity index (χ0) is 17.6. The van der Waals surface area contributed by atoms with Gasteiger partial charge in [0.1, 0.15) is 0 Å². The third kappa shape index (κ3) is 2.87. The molecule has 3 aromatic rings. The molecule has 1 N–H and O–H groups in total. The second kappa shape index (κ2) is 5.93. The number of carbonyl (C=O) groups is 2. The summed E-state index contributed by atoms with van der Waals surface area (Å²) >= 11 is 1.35. The third-order valence-electron chi connectivity index (χ3n) is 4.13. The van der Waals surface area contributed by atoms with Crippen molar-refractivity contribution in [3.05, 3.63) is 52.0 Å². The number of rotatable bonds is 5. The van der Waals surface area contributed by atoms with Crippen LogP contribution in [0.3, 0.4) is 0 Å². The van der Waals surface area contributed by atoms with Crippen molar-refractivity contribution in [3.63, 3.8) is 0 Å². The molecule has 0 unspecified atom stereocenters. The first-order valence-corrected chi connectivity index (χ1v) is 8.82. The Kier molecular flexibility index (Phi) is 3.73. The largest absolute Gasteiger partial charge is 0.478 e. The topological polar surface area (TPSA) is 85.1 Å². The number of para-hydroxylation sites is 1. The fraction of sp³-hybridized carbons (Fsp3) is 0.222. The quantitative estimate of drug-likeness (QED) is 0.706. The van der Waals surface area contributed by atoms with E-state index in [9.17, 15) is 14.7 Å². The molecule has 0 amide bonds. The van der Waals surface area contributed by atoms with Crippen LogP contribution in [0.5, 0.6) is 0 Å². The van der Waals surface area contributed by atoms with Crippen LogP contribution < -0.4 is 0 Å². The molecule has 1 aromatic carbocycles. The Hall–Kier alpha value is -2.80. The lowest BCUT2D eigenvalue weighted by Crippen LogP contribution is -2.07. The van der Waals surface area contributed by atoms with Crippen LogP contribution in [0.1, 0.15) is 51.5 Å². The number of carbonyl (C=O) groups excluding carboxylic acids is 1. The van der Waals surface area contributed by atoms with E-state index in [2.05, 4.69) is 10.1 Å². The Labute approximate surface area is 147 Å². The van der Waals surface area contributed by atoms with Gasteiger partial charge < -0.3 is 5.11 Å². The molecule has 0 saturated heterocycles. The van der Waals surface area contributed by atoms with Gasteiger partial charge in [0.2, 0.25) is 0 Å². The molecular formula is C18H15N3O3S. The lowest BCUT2D eigenvalue weighted by molar-refractivity contribution is 0.0696. The summed E-state index contributed by atoms with van der Waals surface area (Å²) in [4.78, 5) is 28.5. The molecule has 126 valence electrons. The molecule has 6 nitrogen and oxygen atoms in total. The number of benzene rings is 1. The van der Waals surface area contributed by atoms with E-state index in [0.717, 1.165) is 24.2 Å². The molecule has 1 aliphatic carbocycles. The summed E-state index contributed by atoms with van der Waals surface area (Å²) in [5, 5.41) is 15.9. The van der Waals surface area contributed by atoms with Crippen molar-refractivity contribution in [2.45, 2.75) is 25.7 Å². The fourth-order valence-electron chi connectivity index (χ4n) is 2.67. The highest BCUT2D eigenvalue weighted by Gasteiger charge is 2.30. The predicted molar refractivity (Wildman–Crippen MR) is 93.6 cm³/mol. The number of nitrogens with zero attached hydrogens (tertiary/aromatic N) is 3. The lowest BCUT2D eigenvalue weighted by atomic mass is 10.1. The summed E-state index contributed by atoms with van der Waals surface area (Å²) in [5.74, 6) is 0.614. The standard InChI is InChI=1S/C18H15N3O3S/c1-10(22)15-8-12(9-25-15)17-19-16(11-6-7-11)20-21(17)14-5-3-2-4-13(14)18(23)24/h2-5,8-9,11H,6-7H2,1H3,(H,23,24). The minimum Gasteiger partial charge on any atom is -0.478 e. The van der Waals surface area contributed by atoms with E-state index < -0.39 is 5.97 Å². The third-order valence-corrected chi connectivity index (χ3v) is 5.16. The molecular weight excluding hydrogens is 338 g/mol. The second-order valence-corrected chi connectivity index (χ2v) is 6.97. The van der Waals surface area contributed by atoms with Crippen LogP contribution >= 0.6 is 11.3 Å². The van der Waals surface area contributed by atoms with Gasteiger partial charge in [-0.25, -0.2) is 14.5 Å². The molecule has 4 rings (SSSR count). The van der Waals surface area contributed by atoms with Crippen molar-refractivity contribution in [2.24, 2.45) is 0 Å². The maximum absolute atomic E-state index is 11.6. The number of thiophene rings is 1. The zero-order valence-corrected chi connectivity index (χ0v) is 14.3. The maximum Gasteiger partial charge on any atom is 0.337 e. The van der Waals surface area contributed by atoms with E-state index >= 15 is 0 Å². The van der Waals surface area contributed by atoms with Crippen LogP contribution in [0.4, 0.5) is 0 Å². The van der Waals surface area contributed by atoms with E-state index in [4.69, 9.17) is 0 Å². The Morgan fingerprint density at radius 3 is 2.68 bits per heavy atom. The molecule has 0 spiro atoms. The average Bonchev–Trinajstić information content (AvgIpc) is 3.16. The number of ketones is 1. The highest BCUT2D eigenvalue weighted by molar-refractivity contribution is 7.12. The summed E-state index contributed by atoms with van der Waals surface area (Å²) in [7, 11) is 0. The van der Waals surface area contributed by atoms with E-state index in [1.54, 1.807) is 35.0 Å². The van der Waals surface area contributed by atoms with Crippen LogP contribution in [0.2, 0.25) is 0 Å². The Morgan fingerprint density at radius 2 is 2.04 bits per heavy atom. The van der Waals surface area contributed by atoms with Gasteiger partial charge in [0.05, 0.1) is 16.1 Å². The number of Topliss-reactive ketones (excluding diaryl/α,β-unsaturated/α-hetero) is 1. The van der Waals surface area contributed by atoms with Gasteiger partial charge in [0, 0.05) is 16.9 Å². The minimum absolute atomic E-state index is 0.00401. The molecule has 1 saturated carbocycles. The number of hydrogen-bond donors (Lipinski definition) is 1. The highest BCUT2D eigenvalue weighted by Crippen LogP contribution is 2.40. The van der Waals surface area contributed by atoms with Crippen LogP contribution in [-0.2, 0) is 0 Å². The van der Waals surface area contributed by atoms with Crippen molar-refractivity contribution in [2.75, 3.05) is 0 Å². The SMILES string of the molecule is CC(=O)c1cc(-c2nc(C3CC3)nn2-c2ccccc2C(=O)O)cs1. The molecule has 0 bridgehead atoms. The van der Waals surface area contributed by atoms with Crippen LogP contribution in [-0.4, -0.2) is 31.6 Å². The van der Waals surface area contributed by atoms with Gasteiger partial charge in [0.25, 0.3) is 0 Å². The fourth-order valence-corrected chi connectivity index (χ4v) is 3.46. The Balaban J connectivity index is 1.90. The first-order valence-electron chi connectivity index (χ1n) is 7.94. The van der Waals surface area contributed by atoms with Crippen molar-refractivity contribution in [3.8, 4) is 17.1 Å². The number of aromatic carboxylic acids is 1. The van der Waals surface area contributed by atoms with Gasteiger partial charge >= 0.3 is 5.97 Å². The summed E-state index contributed by atoms with van der Waals surface area (Å²) in [6.45, 7) is 1.52. The summed E-state index contributed by atoms with van der Waals surface area (Å²) in [6, 6.07) is 8.52. The minimum atomic E-state index is -1.01. The highest BCUT2D eigenvalue weighted by atomic mass is 32.1. The van der Waals surface area contributed by atoms with Gasteiger partial charge in [0.15, 0.2) is 17.4 Å². The van der Waals surface area contributed by atoms with Crippen LogP contribution in [0.15, 0.2) is 35.7 Å². The van der Waals surface area contributed by atoms with Crippen molar-refractivity contribution >= 4 is 23.1 Å². The molecule has 1 fully saturated rings. The predicted octanol–water partition coefficient (Wildman–Crippen LogP) is 3.77.